The largest absolute Gasteiger partial charge is 0.672 e. The molecule has 0 heterocycles. The number of hydrogen-bond acceptors (Lipinski definition) is 2. The number of nitrogens with one attached hydrogen (secondary N) is 1. The Kier molecular flexibility index (Phi) is 11.8. The monoisotopic (exact) mass is 592 g/mol. The molecule has 182 valence electrons. The van der Waals surface area contributed by atoms with Gasteiger partial charge in [0.1, 0.15) is 0 Å². The van der Waals surface area contributed by atoms with E-state index in [9.17, 15) is 8.42 Å². The fraction of sp³-hybridized carbons (Fsp3) is 0.107. The summed E-state index contributed by atoms with van der Waals surface area (Å²) in [5.74, 6) is -0.201. The number of rotatable bonds is 8. The maximum atomic E-state index is 13.0. The summed E-state index contributed by atoms with van der Waals surface area (Å²) in [6.45, 7) is 0. The van der Waals surface area contributed by atoms with Crippen molar-refractivity contribution in [2.75, 3.05) is 0 Å². The number of benzene rings is 4. The summed E-state index contributed by atoms with van der Waals surface area (Å²) in [5, 5.41) is 0. The van der Waals surface area contributed by atoms with Crippen molar-refractivity contribution >= 4 is 19.7 Å². The van der Waals surface area contributed by atoms with Crippen LogP contribution < -0.4 is 0 Å². The molecule has 0 aliphatic rings. The molecule has 0 aromatic heterocycles. The molecule has 4 nitrogen and oxygen atoms in total. The van der Waals surface area contributed by atoms with Gasteiger partial charge < -0.3 is 17.9 Å². The molecule has 4 aromatic carbocycles. The van der Waals surface area contributed by atoms with Crippen LogP contribution >= 0.6 is 9.69 Å². The smallest absolute Gasteiger partial charge is 0.0767 e. The molecule has 2 atom stereocenters. The molecular weight excluding hydrogens is 565 g/mol. The van der Waals surface area contributed by atoms with Crippen molar-refractivity contribution in [1.82, 2.24) is 0 Å². The van der Waals surface area contributed by atoms with Crippen LogP contribution in [0.2, 0.25) is 0 Å². The summed E-state index contributed by atoms with van der Waals surface area (Å²) >= 11 is 1.82. The molecule has 35 heavy (non-hydrogen) atoms. The molecule has 0 amide bonds. The second-order valence-electron chi connectivity index (χ2n) is 7.64. The Labute approximate surface area is 223 Å². The molecule has 7 heteroatoms. The fourth-order valence-electron chi connectivity index (χ4n) is 3.65. The molecule has 0 saturated carbocycles. The van der Waals surface area contributed by atoms with Crippen LogP contribution in [0.4, 0.5) is 0 Å². The first-order valence-corrected chi connectivity index (χ1v) is 14.4. The van der Waals surface area contributed by atoms with Gasteiger partial charge in [0.2, 0.25) is 0 Å². The van der Waals surface area contributed by atoms with Crippen molar-refractivity contribution in [1.29, 1.82) is 0 Å². The molecule has 2 unspecified atom stereocenters. The Morgan fingerprint density at radius 3 is 1.63 bits per heavy atom. The van der Waals surface area contributed by atoms with E-state index >= 15 is 0 Å². The number of halogens is 1. The normalized spacial score (nSPS) is 12.4. The summed E-state index contributed by atoms with van der Waals surface area (Å²) in [7, 11) is 0.761. The Morgan fingerprint density at radius 1 is 0.686 bits per heavy atom. The van der Waals surface area contributed by atoms with Crippen molar-refractivity contribution in [3.63, 3.8) is 0 Å². The Bertz CT molecular complexity index is 1240. The number of sulfonamides is 1. The van der Waals surface area contributed by atoms with Gasteiger partial charge in [-0.3, -0.25) is 0 Å². The van der Waals surface area contributed by atoms with E-state index in [1.165, 1.54) is 0 Å². The van der Waals surface area contributed by atoms with E-state index in [1.54, 1.807) is 0 Å². The van der Waals surface area contributed by atoms with Crippen molar-refractivity contribution < 1.29 is 25.7 Å². The molecule has 4 rings (SSSR count). The zero-order valence-electron chi connectivity index (χ0n) is 19.2. The summed E-state index contributed by atoms with van der Waals surface area (Å²) in [6, 6.07) is 34.2. The van der Waals surface area contributed by atoms with Gasteiger partial charge in [-0.2, -0.15) is 0 Å². The minimum Gasteiger partial charge on any atom is -0.672 e. The van der Waals surface area contributed by atoms with Gasteiger partial charge in [-0.15, -0.1) is 12.1 Å². The van der Waals surface area contributed by atoms with Crippen molar-refractivity contribution in [2.24, 2.45) is 0 Å². The van der Waals surface area contributed by atoms with E-state index in [1.807, 2.05) is 133 Å². The van der Waals surface area contributed by atoms with E-state index in [0.717, 1.165) is 16.7 Å². The first kappa shape index (κ1) is 28.9. The van der Waals surface area contributed by atoms with E-state index < -0.39 is 22.1 Å². The van der Waals surface area contributed by atoms with Gasteiger partial charge >= 0.3 is 27.0 Å². The predicted octanol–water partition coefficient (Wildman–Crippen LogP) is 8.23. The topological polar surface area (TPSA) is 72.0 Å². The van der Waals surface area contributed by atoms with Gasteiger partial charge in [0.25, 0.3) is 0 Å². The van der Waals surface area contributed by atoms with Crippen molar-refractivity contribution in [3.05, 3.63) is 150 Å². The Hall–Kier alpha value is -2.34. The Morgan fingerprint density at radius 2 is 1.11 bits per heavy atom. The van der Waals surface area contributed by atoms with Crippen LogP contribution in [0.15, 0.2) is 115 Å². The van der Waals surface area contributed by atoms with Crippen LogP contribution in [0.1, 0.15) is 28.8 Å². The minimum absolute atomic E-state index is 0. The average Bonchev–Trinajstić information content (AvgIpc) is 2.90. The van der Waals surface area contributed by atoms with Gasteiger partial charge in [0.15, 0.2) is 0 Å². The summed E-state index contributed by atoms with van der Waals surface area (Å²) in [6.07, 6.45) is 0. The predicted molar refractivity (Wildman–Crippen MR) is 143 cm³/mol. The third-order valence-corrected chi connectivity index (χ3v) is 6.55. The van der Waals surface area contributed by atoms with E-state index in [-0.39, 0.29) is 13.2 Å². The third kappa shape index (κ3) is 8.38. The zero-order chi connectivity index (χ0) is 24.4. The van der Waals surface area contributed by atoms with Crippen LogP contribution in [-0.4, -0.2) is 8.42 Å². The molecule has 0 saturated heterocycles. The summed E-state index contributed by atoms with van der Waals surface area (Å²) in [5.41, 5.74) is 12.9. The fourth-order valence-corrected chi connectivity index (χ4v) is 4.93. The van der Waals surface area contributed by atoms with Crippen LogP contribution in [0.25, 0.3) is 21.6 Å². The Balaban J connectivity index is 0.00000140. The maximum Gasteiger partial charge on any atom is 0.0767 e. The zero-order valence-corrected chi connectivity index (χ0v) is 22.5. The molecule has 1 N–H and O–H groups in total. The van der Waals surface area contributed by atoms with E-state index in [0.29, 0.717) is 11.1 Å². The van der Waals surface area contributed by atoms with Gasteiger partial charge in [0.05, 0.1) is 15.8 Å². The van der Waals surface area contributed by atoms with Gasteiger partial charge in [0, 0.05) is 0 Å². The minimum atomic E-state index is -3.81. The van der Waals surface area contributed by atoms with E-state index in [4.69, 9.17) is 5.73 Å². The number of hydrogen-bond donors (Lipinski definition) is 0. The molecule has 0 aliphatic heterocycles. The van der Waals surface area contributed by atoms with Crippen molar-refractivity contribution in [3.8, 4) is 11.1 Å². The van der Waals surface area contributed by atoms with E-state index in [2.05, 4.69) is 14.4 Å². The molecular formula is C28H27ClN2O2RuS. The molecule has 0 aliphatic carbocycles. The van der Waals surface area contributed by atoms with Crippen LogP contribution in [-0.2, 0) is 33.1 Å². The molecule has 4 aromatic rings. The maximum absolute atomic E-state index is 13.0. The van der Waals surface area contributed by atoms with Crippen LogP contribution in [0.3, 0.4) is 0 Å². The van der Waals surface area contributed by atoms with Gasteiger partial charge in [-0.05, 0) is 16.7 Å². The van der Waals surface area contributed by atoms with Crippen LogP contribution in [0, 0.1) is 7.43 Å². The quantitative estimate of drug-likeness (QED) is 0.153. The van der Waals surface area contributed by atoms with Gasteiger partial charge in [-0.25, -0.2) is 8.42 Å². The average molecular weight is 592 g/mol. The van der Waals surface area contributed by atoms with Crippen LogP contribution in [0.5, 0.6) is 0 Å². The first-order valence-electron chi connectivity index (χ1n) is 10.6. The molecule has 0 radical (unpaired) electrons. The second kappa shape index (κ2) is 14.3. The van der Waals surface area contributed by atoms with Gasteiger partial charge in [-0.1, -0.05) is 126 Å². The SMILES string of the molecule is [CH3-].[Cl][Ru+3].[NH-]C(c1ccccc1)C([N-]S(=O)(=O)Cc1ccc(-c2ccccc2)cc1)c1ccccc1. The standard InChI is InChI=1S/C27H24N2O2S.CH3.ClH.Ru/c28-26(24-12-6-2-7-13-24)27(25-14-8-3-9-15-25)29-32(30,31)20-21-16-18-23(19-17-21)22-10-4-1-5-11-22;;;/h1-19,26-28H,20H2;1H3;1H;/q-2;-1;;+4/p-1. The number of nitrogens with zero attached hydrogens (tertiary/aromatic N) is 1. The summed E-state index contributed by atoms with van der Waals surface area (Å²) in [4.78, 5) is 0. The third-order valence-electron chi connectivity index (χ3n) is 5.30. The molecule has 0 fully saturated rings. The first-order chi connectivity index (χ1) is 16.5. The molecule has 0 bridgehead atoms. The second-order valence-corrected chi connectivity index (χ2v) is 9.30. The molecule has 0 spiro atoms. The van der Waals surface area contributed by atoms with Crippen molar-refractivity contribution in [2.45, 2.75) is 17.8 Å². The summed E-state index contributed by atoms with van der Waals surface area (Å²) < 4.78 is 30.3.